The van der Waals surface area contributed by atoms with E-state index in [9.17, 15) is 9.59 Å². The van der Waals surface area contributed by atoms with E-state index in [4.69, 9.17) is 32.7 Å². The maximum atomic E-state index is 13.7. The number of nitrogens with zero attached hydrogens (tertiary/aromatic N) is 1. The SMILES string of the molecule is COc1ccc(CCC(=O)N(CC2CC2)C(C(=O)NCc2ccc(OC)cc2)c2ccc(Cl)c(Cl)c2)cc1. The monoisotopic (exact) mass is 554 g/mol. The van der Waals surface area contributed by atoms with Crippen LogP contribution in [0, 0.1) is 5.92 Å². The number of carbonyl (C=O) groups excluding carboxylic acids is 2. The van der Waals surface area contributed by atoms with Gasteiger partial charge in [0, 0.05) is 19.5 Å². The number of nitrogens with one attached hydrogen (secondary N) is 1. The largest absolute Gasteiger partial charge is 0.497 e. The van der Waals surface area contributed by atoms with E-state index in [1.54, 1.807) is 37.3 Å². The minimum atomic E-state index is -0.827. The first-order valence-electron chi connectivity index (χ1n) is 12.7. The maximum Gasteiger partial charge on any atom is 0.247 e. The van der Waals surface area contributed by atoms with E-state index in [-0.39, 0.29) is 18.2 Å². The number of hydrogen-bond acceptors (Lipinski definition) is 4. The summed E-state index contributed by atoms with van der Waals surface area (Å²) in [6.45, 7) is 0.834. The second kappa shape index (κ2) is 13.0. The molecule has 1 saturated carbocycles. The van der Waals surface area contributed by atoms with E-state index < -0.39 is 6.04 Å². The fraction of sp³-hybridized carbons (Fsp3) is 0.333. The lowest BCUT2D eigenvalue weighted by molar-refractivity contribution is -0.141. The second-order valence-corrected chi connectivity index (χ2v) is 10.3. The standard InChI is InChI=1S/C30H32Cl2N2O4/c1-37-24-11-5-20(6-12-24)9-16-28(35)34(19-22-3-4-22)29(23-10-15-26(31)27(32)17-23)30(36)33-18-21-7-13-25(38-2)14-8-21/h5-8,10-15,17,22,29H,3-4,9,16,18-19H2,1-2H3,(H,33,36). The van der Waals surface area contributed by atoms with Gasteiger partial charge in [-0.1, -0.05) is 53.5 Å². The highest BCUT2D eigenvalue weighted by molar-refractivity contribution is 6.42. The second-order valence-electron chi connectivity index (χ2n) is 9.48. The van der Waals surface area contributed by atoms with Gasteiger partial charge in [0.25, 0.3) is 0 Å². The molecule has 2 amide bonds. The van der Waals surface area contributed by atoms with E-state index >= 15 is 0 Å². The Labute approximate surface area is 233 Å². The Bertz CT molecular complexity index is 1240. The zero-order valence-corrected chi connectivity index (χ0v) is 23.1. The molecule has 4 rings (SSSR count). The first kappa shape index (κ1) is 27.8. The molecule has 38 heavy (non-hydrogen) atoms. The molecule has 0 aliphatic heterocycles. The molecule has 1 N–H and O–H groups in total. The highest BCUT2D eigenvalue weighted by Gasteiger charge is 2.35. The minimum absolute atomic E-state index is 0.0802. The maximum absolute atomic E-state index is 13.7. The van der Waals surface area contributed by atoms with Gasteiger partial charge in [-0.25, -0.2) is 0 Å². The first-order valence-corrected chi connectivity index (χ1v) is 13.4. The van der Waals surface area contributed by atoms with Gasteiger partial charge < -0.3 is 19.7 Å². The van der Waals surface area contributed by atoms with Gasteiger partial charge in [0.2, 0.25) is 11.8 Å². The van der Waals surface area contributed by atoms with Crippen molar-refractivity contribution in [1.29, 1.82) is 0 Å². The van der Waals surface area contributed by atoms with Crippen LogP contribution in [-0.2, 0) is 22.6 Å². The Balaban J connectivity index is 1.56. The molecular weight excluding hydrogens is 523 g/mol. The van der Waals surface area contributed by atoms with E-state index in [2.05, 4.69) is 5.32 Å². The molecule has 0 saturated heterocycles. The van der Waals surface area contributed by atoms with Gasteiger partial charge in [0.1, 0.15) is 17.5 Å². The number of benzene rings is 3. The molecule has 1 unspecified atom stereocenters. The average molecular weight is 556 g/mol. The molecule has 0 heterocycles. The van der Waals surface area contributed by atoms with E-state index in [1.165, 1.54) is 0 Å². The number of ether oxygens (including phenoxy) is 2. The molecule has 1 fully saturated rings. The fourth-order valence-corrected chi connectivity index (χ4v) is 4.61. The molecule has 1 aliphatic carbocycles. The van der Waals surface area contributed by atoms with Crippen LogP contribution in [0.25, 0.3) is 0 Å². The van der Waals surface area contributed by atoms with Gasteiger partial charge in [-0.05, 0) is 78.3 Å². The number of aryl methyl sites for hydroxylation is 1. The molecule has 0 bridgehead atoms. The van der Waals surface area contributed by atoms with Gasteiger partial charge in [-0.3, -0.25) is 9.59 Å². The third-order valence-electron chi connectivity index (χ3n) is 6.70. The molecule has 200 valence electrons. The lowest BCUT2D eigenvalue weighted by Gasteiger charge is -2.32. The lowest BCUT2D eigenvalue weighted by atomic mass is 10.0. The molecule has 3 aromatic carbocycles. The molecular formula is C30H32Cl2N2O4. The third-order valence-corrected chi connectivity index (χ3v) is 7.44. The summed E-state index contributed by atoms with van der Waals surface area (Å²) in [5.41, 5.74) is 2.58. The van der Waals surface area contributed by atoms with Crippen LogP contribution in [0.15, 0.2) is 66.7 Å². The zero-order valence-electron chi connectivity index (χ0n) is 21.6. The van der Waals surface area contributed by atoms with Gasteiger partial charge in [-0.15, -0.1) is 0 Å². The smallest absolute Gasteiger partial charge is 0.247 e. The quantitative estimate of drug-likeness (QED) is 0.287. The molecule has 0 radical (unpaired) electrons. The molecule has 8 heteroatoms. The normalized spacial score (nSPS) is 13.5. The summed E-state index contributed by atoms with van der Waals surface area (Å²) in [5.74, 6) is 1.55. The Hall–Kier alpha value is -3.22. The van der Waals surface area contributed by atoms with E-state index in [0.29, 0.717) is 41.0 Å². The molecule has 6 nitrogen and oxygen atoms in total. The van der Waals surface area contributed by atoms with Crippen LogP contribution in [0.3, 0.4) is 0 Å². The summed E-state index contributed by atoms with van der Waals surface area (Å²) in [5, 5.41) is 3.76. The topological polar surface area (TPSA) is 67.9 Å². The van der Waals surface area contributed by atoms with Crippen molar-refractivity contribution in [2.45, 2.75) is 38.3 Å². The van der Waals surface area contributed by atoms with E-state index in [0.717, 1.165) is 35.5 Å². The molecule has 3 aromatic rings. The van der Waals surface area contributed by atoms with Crippen molar-refractivity contribution in [2.75, 3.05) is 20.8 Å². The zero-order chi connectivity index (χ0) is 27.1. The average Bonchev–Trinajstić information content (AvgIpc) is 3.77. The van der Waals surface area contributed by atoms with Crippen molar-refractivity contribution in [1.82, 2.24) is 10.2 Å². The van der Waals surface area contributed by atoms with Crippen LogP contribution in [0.5, 0.6) is 11.5 Å². The lowest BCUT2D eigenvalue weighted by Crippen LogP contribution is -2.44. The highest BCUT2D eigenvalue weighted by atomic mass is 35.5. The minimum Gasteiger partial charge on any atom is -0.497 e. The molecule has 1 aliphatic rings. The van der Waals surface area contributed by atoms with Crippen LogP contribution < -0.4 is 14.8 Å². The van der Waals surface area contributed by atoms with Crippen molar-refractivity contribution < 1.29 is 19.1 Å². The van der Waals surface area contributed by atoms with Crippen LogP contribution in [0.2, 0.25) is 10.0 Å². The number of carbonyl (C=O) groups is 2. The Kier molecular flexibility index (Phi) is 9.53. The van der Waals surface area contributed by atoms with Gasteiger partial charge >= 0.3 is 0 Å². The summed E-state index contributed by atoms with van der Waals surface area (Å²) in [4.78, 5) is 29.1. The van der Waals surface area contributed by atoms with Crippen molar-refractivity contribution in [3.05, 3.63) is 93.5 Å². The first-order chi connectivity index (χ1) is 18.4. The Morgan fingerprint density at radius 3 is 2.05 bits per heavy atom. The van der Waals surface area contributed by atoms with E-state index in [1.807, 2.05) is 48.5 Å². The van der Waals surface area contributed by atoms with Gasteiger partial charge in [-0.2, -0.15) is 0 Å². The number of hydrogen-bond donors (Lipinski definition) is 1. The number of rotatable bonds is 12. The van der Waals surface area contributed by atoms with Gasteiger partial charge in [0.15, 0.2) is 0 Å². The fourth-order valence-electron chi connectivity index (χ4n) is 4.30. The van der Waals surface area contributed by atoms with Crippen LogP contribution in [-0.4, -0.2) is 37.5 Å². The summed E-state index contributed by atoms with van der Waals surface area (Å²) in [7, 11) is 3.23. The van der Waals surface area contributed by atoms with Crippen molar-refractivity contribution in [3.63, 3.8) is 0 Å². The molecule has 0 spiro atoms. The van der Waals surface area contributed by atoms with Crippen molar-refractivity contribution in [2.24, 2.45) is 5.92 Å². The Morgan fingerprint density at radius 2 is 1.50 bits per heavy atom. The predicted octanol–water partition coefficient (Wildman–Crippen LogP) is 6.24. The predicted molar refractivity (Wildman–Crippen MR) is 150 cm³/mol. The Morgan fingerprint density at radius 1 is 0.895 bits per heavy atom. The number of methoxy groups -OCH3 is 2. The van der Waals surface area contributed by atoms with Gasteiger partial charge in [0.05, 0.1) is 24.3 Å². The van der Waals surface area contributed by atoms with Crippen LogP contribution >= 0.6 is 23.2 Å². The summed E-state index contributed by atoms with van der Waals surface area (Å²) >= 11 is 12.5. The summed E-state index contributed by atoms with van der Waals surface area (Å²) in [6.07, 6.45) is 2.93. The molecule has 1 atom stereocenters. The summed E-state index contributed by atoms with van der Waals surface area (Å²) in [6, 6.07) is 19.4. The molecule has 0 aromatic heterocycles. The number of halogens is 2. The number of amides is 2. The van der Waals surface area contributed by atoms with Crippen molar-refractivity contribution in [3.8, 4) is 11.5 Å². The summed E-state index contributed by atoms with van der Waals surface area (Å²) < 4.78 is 10.4. The van der Waals surface area contributed by atoms with Crippen molar-refractivity contribution >= 4 is 35.0 Å². The third kappa shape index (κ3) is 7.42. The van der Waals surface area contributed by atoms with Crippen LogP contribution in [0.1, 0.15) is 42.0 Å². The highest BCUT2D eigenvalue weighted by Crippen LogP contribution is 2.35. The van der Waals surface area contributed by atoms with Crippen LogP contribution in [0.4, 0.5) is 0 Å².